The topological polar surface area (TPSA) is 398 Å². The third kappa shape index (κ3) is 22.5. The van der Waals surface area contributed by atoms with Gasteiger partial charge >= 0.3 is 0 Å². The van der Waals surface area contributed by atoms with Gasteiger partial charge in [-0.2, -0.15) is 0 Å². The zero-order valence-electron chi connectivity index (χ0n) is 59.8. The average Bonchev–Trinajstić information content (AvgIpc) is 0.744. The smallest absolute Gasteiger partial charge is 0.240 e. The molecule has 0 aromatic heterocycles. The van der Waals surface area contributed by atoms with E-state index in [-0.39, 0.29) is 86.7 Å². The summed E-state index contributed by atoms with van der Waals surface area (Å²) in [6.45, 7) is 25.5. The molecule has 4 aromatic rings. The van der Waals surface area contributed by atoms with Gasteiger partial charge in [-0.25, -0.2) is 52.3 Å². The molecule has 0 radical (unpaired) electrons. The minimum Gasteiger partial charge on any atom is -0.744 e. The van der Waals surface area contributed by atoms with Crippen molar-refractivity contribution in [3.8, 4) is 44.9 Å². The van der Waals surface area contributed by atoms with E-state index in [1.165, 1.54) is 18.2 Å². The van der Waals surface area contributed by atoms with Gasteiger partial charge in [-0.05, 0) is 133 Å². The van der Waals surface area contributed by atoms with Crippen LogP contribution in [0.4, 0.5) is 11.4 Å². The molecule has 0 bridgehead atoms. The van der Waals surface area contributed by atoms with Gasteiger partial charge < -0.3 is 56.2 Å². The van der Waals surface area contributed by atoms with Crippen molar-refractivity contribution >= 4 is 73.6 Å². The van der Waals surface area contributed by atoms with Crippen molar-refractivity contribution in [2.24, 2.45) is 10.2 Å². The summed E-state index contributed by atoms with van der Waals surface area (Å²) in [5.74, 6) is 0.931. The first-order chi connectivity index (χ1) is 50.0. The lowest BCUT2D eigenvalue weighted by Gasteiger charge is -2.23. The second-order valence-corrected chi connectivity index (χ2v) is 29.2. The van der Waals surface area contributed by atoms with Crippen molar-refractivity contribution in [3.05, 3.63) is 141 Å². The minimum atomic E-state index is -5.16. The molecular formula is C70H92N12O18S4. The van der Waals surface area contributed by atoms with E-state index in [2.05, 4.69) is 48.4 Å². The molecule has 0 saturated heterocycles. The zero-order chi connectivity index (χ0) is 75.5. The van der Waals surface area contributed by atoms with Crippen LogP contribution in [0.5, 0.6) is 0 Å². The maximum atomic E-state index is 13.5. The van der Waals surface area contributed by atoms with E-state index in [9.17, 15) is 42.8 Å². The molecule has 2 aliphatic carbocycles. The highest BCUT2D eigenvalue weighted by molar-refractivity contribution is 7.90. The Labute approximate surface area is 607 Å². The van der Waals surface area contributed by atoms with Gasteiger partial charge in [0.1, 0.15) is 69.1 Å². The van der Waals surface area contributed by atoms with Gasteiger partial charge in [-0.3, -0.25) is 0 Å². The Bertz CT molecular complexity index is 4850. The highest BCUT2D eigenvalue weighted by atomic mass is 32.2. The highest BCUT2D eigenvalue weighted by Crippen LogP contribution is 2.46. The molecule has 2 heterocycles. The number of ether oxygens (including phenoxy) is 6. The molecule has 0 atom stereocenters. The molecule has 104 heavy (non-hydrogen) atoms. The molecule has 0 fully saturated rings. The van der Waals surface area contributed by atoms with Crippen molar-refractivity contribution in [1.29, 1.82) is 0 Å². The first kappa shape index (κ1) is 83.2. The molecule has 2 N–H and O–H groups in total. The largest absolute Gasteiger partial charge is 0.744 e. The SMILES string of the molecule is CCN(CC)c1ccc2c(-c3cc(S(=O)(=O)NCCOCCOCCOCCN=[N+]=[N-])ccc3S(=O)(=O)[O-])c3ccc(=[N+](CC)CC)cc-3oc2c1.CCN(CC)c1ccc2c(-c3ccc(S(=O)(=O)NCCOCCOCCOCCN=[N+]=[N-])cc3S(=O)(=O)[O-])c3ccc(=[N+](CC)CC)cc-3oc2c1. The lowest BCUT2D eigenvalue weighted by molar-refractivity contribution is 0.0171. The van der Waals surface area contributed by atoms with Gasteiger partial charge in [0.05, 0.1) is 111 Å². The summed E-state index contributed by atoms with van der Waals surface area (Å²) in [6.07, 6.45) is 0. The predicted octanol–water partition coefficient (Wildman–Crippen LogP) is 8.81. The number of azide groups is 2. The van der Waals surface area contributed by atoms with Gasteiger partial charge in [0.15, 0.2) is 0 Å². The molecule has 564 valence electrons. The van der Waals surface area contributed by atoms with E-state index >= 15 is 0 Å². The second kappa shape index (κ2) is 40.4. The van der Waals surface area contributed by atoms with Crippen LogP contribution in [0.1, 0.15) is 55.4 Å². The van der Waals surface area contributed by atoms with E-state index in [0.29, 0.717) is 95.4 Å². The van der Waals surface area contributed by atoms with Crippen molar-refractivity contribution in [1.82, 2.24) is 18.6 Å². The van der Waals surface area contributed by atoms with Gasteiger partial charge in [-0.15, -0.1) is 0 Å². The Balaban J connectivity index is 0.000000291. The van der Waals surface area contributed by atoms with Crippen molar-refractivity contribution in [2.45, 2.75) is 75.0 Å². The third-order valence-electron chi connectivity index (χ3n) is 16.9. The van der Waals surface area contributed by atoms with Crippen LogP contribution in [0.2, 0.25) is 0 Å². The molecule has 34 heteroatoms. The maximum Gasteiger partial charge on any atom is 0.240 e. The van der Waals surface area contributed by atoms with Crippen LogP contribution >= 0.6 is 0 Å². The Morgan fingerprint density at radius 3 is 1.17 bits per heavy atom. The fourth-order valence-corrected chi connectivity index (χ4v) is 15.2. The second-order valence-electron chi connectivity index (χ2n) is 23.0. The number of hydrogen-bond donors (Lipinski definition) is 2. The normalized spacial score (nSPS) is 11.9. The van der Waals surface area contributed by atoms with Crippen LogP contribution in [0.25, 0.3) is 87.7 Å². The fourth-order valence-electron chi connectivity index (χ4n) is 11.7. The van der Waals surface area contributed by atoms with Crippen molar-refractivity contribution in [2.75, 3.05) is 168 Å². The van der Waals surface area contributed by atoms with Gasteiger partial charge in [-0.1, -0.05) is 16.3 Å². The highest BCUT2D eigenvalue weighted by Gasteiger charge is 2.28. The molecular weight excluding hydrogens is 1430 g/mol. The van der Waals surface area contributed by atoms with E-state index in [1.807, 2.05) is 116 Å². The van der Waals surface area contributed by atoms with Crippen LogP contribution in [-0.2, 0) is 68.7 Å². The molecule has 30 nitrogen and oxygen atoms in total. The summed E-state index contributed by atoms with van der Waals surface area (Å²) in [4.78, 5) is 7.74. The number of hydrogen-bond acceptors (Lipinski definition) is 22. The Kier molecular flexibility index (Phi) is 32.3. The van der Waals surface area contributed by atoms with E-state index in [4.69, 9.17) is 48.3 Å². The number of nitrogens with zero attached hydrogens (tertiary/aromatic N) is 10. The molecule has 2 aliphatic heterocycles. The van der Waals surface area contributed by atoms with Crippen LogP contribution in [0, 0.1) is 0 Å². The monoisotopic (exact) mass is 1520 g/mol. The fraction of sp³-hybridized carbons (Fsp3) is 0.457. The van der Waals surface area contributed by atoms with Crippen LogP contribution in [0.15, 0.2) is 148 Å². The number of fused-ring (bicyclic) bond motifs is 4. The molecule has 0 saturated carbocycles. The molecule has 4 aliphatic rings. The van der Waals surface area contributed by atoms with Crippen molar-refractivity contribution in [3.63, 3.8) is 0 Å². The quantitative estimate of drug-likeness (QED) is 0.00686. The van der Waals surface area contributed by atoms with Gasteiger partial charge in [0.25, 0.3) is 0 Å². The van der Waals surface area contributed by atoms with E-state index < -0.39 is 50.1 Å². The van der Waals surface area contributed by atoms with Gasteiger partial charge in [0.2, 0.25) is 30.8 Å². The van der Waals surface area contributed by atoms with Gasteiger partial charge in [0, 0.05) is 142 Å². The van der Waals surface area contributed by atoms with Crippen LogP contribution in [0.3, 0.4) is 0 Å². The minimum absolute atomic E-state index is 0.0203. The lowest BCUT2D eigenvalue weighted by atomic mass is 9.93. The first-order valence-electron chi connectivity index (χ1n) is 34.3. The Morgan fingerprint density at radius 2 is 0.788 bits per heavy atom. The summed E-state index contributed by atoms with van der Waals surface area (Å²) in [5.41, 5.74) is 21.1. The number of nitrogens with one attached hydrogen (secondary N) is 2. The summed E-state index contributed by atoms with van der Waals surface area (Å²) >= 11 is 0. The Hall–Kier alpha value is -8.12. The number of anilines is 2. The summed E-state index contributed by atoms with van der Waals surface area (Å²) in [5, 5.41) is 9.61. The molecule has 0 unspecified atom stereocenters. The zero-order valence-corrected chi connectivity index (χ0v) is 63.1. The molecule has 4 aromatic carbocycles. The predicted molar refractivity (Wildman–Crippen MR) is 396 cm³/mol. The maximum absolute atomic E-state index is 13.5. The van der Waals surface area contributed by atoms with Crippen LogP contribution < -0.4 is 39.1 Å². The number of rotatable bonds is 42. The lowest BCUT2D eigenvalue weighted by Crippen LogP contribution is -2.29. The number of benzene rings is 6. The summed E-state index contributed by atoms with van der Waals surface area (Å²) < 4.78 is 184. The summed E-state index contributed by atoms with van der Waals surface area (Å²) in [6, 6.07) is 29.3. The van der Waals surface area contributed by atoms with E-state index in [0.717, 1.165) is 92.6 Å². The molecule has 0 amide bonds. The van der Waals surface area contributed by atoms with E-state index in [1.54, 1.807) is 12.1 Å². The van der Waals surface area contributed by atoms with Crippen LogP contribution in [-0.4, -0.2) is 201 Å². The average molecular weight is 1520 g/mol. The summed E-state index contributed by atoms with van der Waals surface area (Å²) in [7, 11) is -18.6. The standard InChI is InChI=1S/2C35H46N6O9S2/c1-5-40(6-2)26-9-12-29-32(23-26)50-33-24-27(41(7-3)8-4)10-13-30(33)35(29)31-25-28(11-14-34(31)52(44,45)46)51(42,43)38-16-18-48-20-22-49-21-19-47-17-15-37-39-36;1-5-40(6-2)26-9-12-29-32(23-26)50-33-24-27(41(7-3)8-4)10-13-30(33)35(29)31-14-11-28(25-34(31)52(44,45)46)51(42,43)38-16-18-48-20-22-49-21-19-47-17-15-37-39-36/h2*9-14,23-25,38H,5-8,15-22H2,1-4H3. The first-order valence-corrected chi connectivity index (χ1v) is 40.1. The third-order valence-corrected chi connectivity index (χ3v) is 21.5. The Morgan fingerprint density at radius 1 is 0.423 bits per heavy atom. The molecule has 8 rings (SSSR count). The number of sulfonamides is 2. The molecule has 0 spiro atoms. The van der Waals surface area contributed by atoms with Crippen molar-refractivity contribution < 1.29 is 80.0 Å².